The molecular weight excluding hydrogens is 392 g/mol. The highest BCUT2D eigenvalue weighted by molar-refractivity contribution is 6.17. The molecule has 0 spiro atoms. The summed E-state index contributed by atoms with van der Waals surface area (Å²) in [5.41, 5.74) is 0. The molecule has 0 fully saturated rings. The minimum atomic E-state index is 0.247. The van der Waals surface area contributed by atoms with Crippen molar-refractivity contribution in [2.75, 3.05) is 32.1 Å². The number of allylic oxidation sites excluding steroid dienone is 1. The molecule has 0 aromatic rings. The molecule has 30 heavy (non-hydrogen) atoms. The van der Waals surface area contributed by atoms with E-state index in [4.69, 9.17) is 11.6 Å². The number of nitrogens with zero attached hydrogens (tertiary/aromatic N) is 2. The van der Waals surface area contributed by atoms with E-state index in [1.165, 1.54) is 77.0 Å². The second kappa shape index (κ2) is 19.3. The van der Waals surface area contributed by atoms with Gasteiger partial charge in [0, 0.05) is 18.9 Å². The van der Waals surface area contributed by atoms with Crippen molar-refractivity contribution in [3.63, 3.8) is 0 Å². The first-order valence-electron chi connectivity index (χ1n) is 13.0. The molecule has 1 rings (SSSR count). The second-order valence-electron chi connectivity index (χ2n) is 9.15. The van der Waals surface area contributed by atoms with Gasteiger partial charge >= 0.3 is 0 Å². The van der Waals surface area contributed by atoms with E-state index in [0.29, 0.717) is 6.04 Å². The third kappa shape index (κ3) is 12.5. The summed E-state index contributed by atoms with van der Waals surface area (Å²) in [4.78, 5) is 4.54. The molecule has 0 radical (unpaired) electrons. The molecule has 2 unspecified atom stereocenters. The first-order chi connectivity index (χ1) is 14.8. The summed E-state index contributed by atoms with van der Waals surface area (Å²) >= 11 is 5.88. The quantitative estimate of drug-likeness (QED) is 0.0863. The van der Waals surface area contributed by atoms with Crippen molar-refractivity contribution in [3.05, 3.63) is 12.2 Å². The molecule has 1 N–H and O–H groups in total. The van der Waals surface area contributed by atoms with Crippen LogP contribution in [0.15, 0.2) is 17.1 Å². The van der Waals surface area contributed by atoms with Gasteiger partial charge in [-0.1, -0.05) is 83.6 Å². The van der Waals surface area contributed by atoms with Crippen LogP contribution in [0, 0.1) is 0 Å². The Labute approximate surface area is 192 Å². The number of halogens is 1. The number of rotatable bonds is 21. The maximum atomic E-state index is 9.59. The lowest BCUT2D eigenvalue weighted by atomic mass is 10.0. The van der Waals surface area contributed by atoms with E-state index in [2.05, 4.69) is 30.4 Å². The number of aliphatic hydroxyl groups is 1. The maximum absolute atomic E-state index is 9.59. The summed E-state index contributed by atoms with van der Waals surface area (Å²) in [5.74, 6) is 0.733. The van der Waals surface area contributed by atoms with Gasteiger partial charge in [-0.05, 0) is 31.8 Å². The average Bonchev–Trinajstić information content (AvgIpc) is 3.23. The van der Waals surface area contributed by atoms with E-state index in [9.17, 15) is 5.11 Å². The molecule has 4 heteroatoms. The molecule has 0 aliphatic carbocycles. The monoisotopic (exact) mass is 441 g/mol. The molecule has 1 heterocycles. The first-order valence-corrected chi connectivity index (χ1v) is 13.5. The van der Waals surface area contributed by atoms with E-state index in [1.54, 1.807) is 0 Å². The molecule has 176 valence electrons. The number of quaternary nitrogens is 1. The van der Waals surface area contributed by atoms with Crippen LogP contribution >= 0.6 is 11.6 Å². The van der Waals surface area contributed by atoms with Gasteiger partial charge < -0.3 is 5.11 Å². The van der Waals surface area contributed by atoms with E-state index in [-0.39, 0.29) is 6.61 Å². The van der Waals surface area contributed by atoms with Gasteiger partial charge in [-0.25, -0.2) is 4.99 Å². The third-order valence-corrected chi connectivity index (χ3v) is 6.85. The van der Waals surface area contributed by atoms with Crippen LogP contribution in [0.5, 0.6) is 0 Å². The standard InChI is InChI=1S/C26H50ClN2O/c1-2-3-4-5-6-7-8-9-10-11-12-13-14-15-18-26(19-24-30)29(22-17-16-20-27)23-21-28-25-29/h15,18,25-26,30H,2-14,16-17,19-24H2,1H3/q+1. The van der Waals surface area contributed by atoms with Gasteiger partial charge in [-0.15, -0.1) is 11.6 Å². The minimum Gasteiger partial charge on any atom is -0.396 e. The van der Waals surface area contributed by atoms with Crippen LogP contribution in [0.25, 0.3) is 0 Å². The molecule has 0 aromatic heterocycles. The van der Waals surface area contributed by atoms with E-state index in [1.807, 2.05) is 0 Å². The summed E-state index contributed by atoms with van der Waals surface area (Å²) in [6.07, 6.45) is 27.8. The molecule has 2 atom stereocenters. The minimum absolute atomic E-state index is 0.247. The molecule has 0 saturated carbocycles. The van der Waals surface area contributed by atoms with Crippen molar-refractivity contribution >= 4 is 17.9 Å². The molecule has 1 aliphatic rings. The van der Waals surface area contributed by atoms with Crippen LogP contribution in [0.4, 0.5) is 0 Å². The number of hydrogen-bond donors (Lipinski definition) is 1. The summed E-state index contributed by atoms with van der Waals surface area (Å²) in [7, 11) is 0. The molecular formula is C26H50ClN2O+. The SMILES string of the molecule is CCCCCCCCCCCCCCC=CC(CCO)[N+]1(CCCCCl)C=NCC1. The van der Waals surface area contributed by atoms with Crippen LogP contribution in [-0.2, 0) is 0 Å². The van der Waals surface area contributed by atoms with Crippen molar-refractivity contribution in [2.24, 2.45) is 4.99 Å². The highest BCUT2D eigenvalue weighted by Crippen LogP contribution is 2.22. The fourth-order valence-electron chi connectivity index (χ4n) is 4.62. The Morgan fingerprint density at radius 1 is 0.933 bits per heavy atom. The maximum Gasteiger partial charge on any atom is 0.186 e. The smallest absolute Gasteiger partial charge is 0.186 e. The van der Waals surface area contributed by atoms with Gasteiger partial charge in [-0.3, -0.25) is 4.48 Å². The van der Waals surface area contributed by atoms with Gasteiger partial charge in [0.2, 0.25) is 0 Å². The highest BCUT2D eigenvalue weighted by atomic mass is 35.5. The Balaban J connectivity index is 2.15. The molecule has 0 aromatic carbocycles. The van der Waals surface area contributed by atoms with E-state index >= 15 is 0 Å². The average molecular weight is 442 g/mol. The Kier molecular flexibility index (Phi) is 17.8. The zero-order chi connectivity index (χ0) is 21.8. The van der Waals surface area contributed by atoms with Crippen molar-refractivity contribution in [3.8, 4) is 0 Å². The fourth-order valence-corrected chi connectivity index (χ4v) is 4.81. The third-order valence-electron chi connectivity index (χ3n) is 6.58. The lowest BCUT2D eigenvalue weighted by molar-refractivity contribution is -0.848. The number of unbranched alkanes of at least 4 members (excludes halogenated alkanes) is 13. The Morgan fingerprint density at radius 2 is 1.57 bits per heavy atom. The zero-order valence-electron chi connectivity index (χ0n) is 19.9. The summed E-state index contributed by atoms with van der Waals surface area (Å²) in [5, 5.41) is 9.59. The number of hydrogen-bond acceptors (Lipinski definition) is 2. The first kappa shape index (κ1) is 27.7. The summed E-state index contributed by atoms with van der Waals surface area (Å²) in [6, 6.07) is 0.355. The normalized spacial score (nSPS) is 19.8. The Morgan fingerprint density at radius 3 is 2.10 bits per heavy atom. The van der Waals surface area contributed by atoms with Gasteiger partial charge in [0.25, 0.3) is 0 Å². The molecule has 1 aliphatic heterocycles. The predicted molar refractivity (Wildman–Crippen MR) is 134 cm³/mol. The number of alkyl halides is 1. The second-order valence-corrected chi connectivity index (χ2v) is 9.53. The van der Waals surface area contributed by atoms with Crippen molar-refractivity contribution < 1.29 is 9.59 Å². The van der Waals surface area contributed by atoms with Gasteiger partial charge in [0.1, 0.15) is 12.6 Å². The predicted octanol–water partition coefficient (Wildman–Crippen LogP) is 7.26. The Hall–Kier alpha value is -0.380. The fraction of sp³-hybridized carbons (Fsp3) is 0.885. The van der Waals surface area contributed by atoms with Gasteiger partial charge in [0.05, 0.1) is 13.1 Å². The van der Waals surface area contributed by atoms with E-state index < -0.39 is 0 Å². The lowest BCUT2D eigenvalue weighted by Crippen LogP contribution is -2.53. The van der Waals surface area contributed by atoms with Crippen LogP contribution in [-0.4, -0.2) is 54.1 Å². The summed E-state index contributed by atoms with van der Waals surface area (Å²) < 4.78 is 0.909. The largest absolute Gasteiger partial charge is 0.396 e. The van der Waals surface area contributed by atoms with Crippen molar-refractivity contribution in [1.29, 1.82) is 0 Å². The lowest BCUT2D eigenvalue weighted by Gasteiger charge is -2.37. The van der Waals surface area contributed by atoms with Crippen LogP contribution in [0.3, 0.4) is 0 Å². The van der Waals surface area contributed by atoms with Gasteiger partial charge in [0.15, 0.2) is 6.34 Å². The molecule has 3 nitrogen and oxygen atoms in total. The zero-order valence-corrected chi connectivity index (χ0v) is 20.6. The number of aliphatic imine (C=N–C) groups is 1. The van der Waals surface area contributed by atoms with Gasteiger partial charge in [-0.2, -0.15) is 0 Å². The topological polar surface area (TPSA) is 32.6 Å². The Bertz CT molecular complexity index is 441. The molecule has 0 saturated heterocycles. The highest BCUT2D eigenvalue weighted by Gasteiger charge is 2.35. The van der Waals surface area contributed by atoms with Crippen molar-refractivity contribution in [2.45, 2.75) is 116 Å². The molecule has 0 bridgehead atoms. The van der Waals surface area contributed by atoms with E-state index in [0.717, 1.165) is 55.7 Å². The molecule has 0 amide bonds. The van der Waals surface area contributed by atoms with Crippen LogP contribution in [0.1, 0.15) is 110 Å². The van der Waals surface area contributed by atoms with Crippen LogP contribution < -0.4 is 0 Å². The van der Waals surface area contributed by atoms with Crippen LogP contribution in [0.2, 0.25) is 0 Å². The number of aliphatic hydroxyl groups excluding tert-OH is 1. The summed E-state index contributed by atoms with van der Waals surface area (Å²) in [6.45, 7) is 5.60. The van der Waals surface area contributed by atoms with Crippen molar-refractivity contribution in [1.82, 2.24) is 0 Å².